The summed E-state index contributed by atoms with van der Waals surface area (Å²) >= 11 is 1.78. The molecule has 0 saturated carbocycles. The highest BCUT2D eigenvalue weighted by atomic mass is 32.1. The van der Waals surface area contributed by atoms with Crippen LogP contribution in [0.5, 0.6) is 0 Å². The fraction of sp³-hybridized carbons (Fsp3) is 0.750. The molecule has 2 unspecified atom stereocenters. The van der Waals surface area contributed by atoms with Gasteiger partial charge in [0.1, 0.15) is 0 Å². The zero-order valence-corrected chi connectivity index (χ0v) is 13.8. The second kappa shape index (κ2) is 8.13. The lowest BCUT2D eigenvalue weighted by molar-refractivity contribution is -0.0562. The van der Waals surface area contributed by atoms with Crippen LogP contribution in [0.1, 0.15) is 32.8 Å². The zero-order chi connectivity index (χ0) is 14.4. The Hall–Kier alpha value is -0.420. The first-order valence-electron chi connectivity index (χ1n) is 7.80. The number of aryl methyl sites for hydroxylation is 1. The molecule has 1 aliphatic heterocycles. The van der Waals surface area contributed by atoms with Gasteiger partial charge in [0.05, 0.1) is 12.7 Å². The quantitative estimate of drug-likeness (QED) is 0.837. The number of hydrogen-bond acceptors (Lipinski definition) is 4. The molecule has 3 nitrogen and oxygen atoms in total. The molecule has 1 saturated heterocycles. The van der Waals surface area contributed by atoms with Gasteiger partial charge in [0.25, 0.3) is 0 Å². The lowest BCUT2D eigenvalue weighted by Crippen LogP contribution is -2.53. The van der Waals surface area contributed by atoms with Crippen molar-refractivity contribution in [2.45, 2.75) is 51.8 Å². The van der Waals surface area contributed by atoms with Gasteiger partial charge in [-0.25, -0.2) is 0 Å². The molecule has 1 aromatic rings. The van der Waals surface area contributed by atoms with Crippen LogP contribution in [0.3, 0.4) is 0 Å². The molecule has 2 atom stereocenters. The Bertz CT molecular complexity index is 367. The van der Waals surface area contributed by atoms with E-state index in [1.54, 1.807) is 11.3 Å². The van der Waals surface area contributed by atoms with Crippen molar-refractivity contribution in [3.8, 4) is 0 Å². The molecule has 2 rings (SSSR count). The van der Waals surface area contributed by atoms with Crippen LogP contribution in [0.15, 0.2) is 16.8 Å². The van der Waals surface area contributed by atoms with Crippen molar-refractivity contribution < 1.29 is 4.74 Å². The number of nitrogens with one attached hydrogen (secondary N) is 1. The third-order valence-electron chi connectivity index (χ3n) is 4.09. The monoisotopic (exact) mass is 296 g/mol. The molecule has 2 heterocycles. The maximum absolute atomic E-state index is 6.04. The van der Waals surface area contributed by atoms with Crippen molar-refractivity contribution in [3.05, 3.63) is 22.4 Å². The molecular formula is C16H28N2OS. The van der Waals surface area contributed by atoms with Crippen LogP contribution in [0.4, 0.5) is 0 Å². The molecule has 0 amide bonds. The third-order valence-corrected chi connectivity index (χ3v) is 4.83. The highest BCUT2D eigenvalue weighted by Crippen LogP contribution is 2.17. The normalized spacial score (nSPS) is 22.3. The van der Waals surface area contributed by atoms with E-state index in [-0.39, 0.29) is 0 Å². The van der Waals surface area contributed by atoms with E-state index in [9.17, 15) is 0 Å². The van der Waals surface area contributed by atoms with E-state index in [0.717, 1.165) is 39.1 Å². The van der Waals surface area contributed by atoms with Crippen molar-refractivity contribution in [1.29, 1.82) is 0 Å². The summed E-state index contributed by atoms with van der Waals surface area (Å²) in [4.78, 5) is 2.53. The highest BCUT2D eigenvalue weighted by molar-refractivity contribution is 7.07. The first-order valence-corrected chi connectivity index (χ1v) is 8.75. The van der Waals surface area contributed by atoms with E-state index in [1.165, 1.54) is 5.56 Å². The number of nitrogens with zero attached hydrogens (tertiary/aromatic N) is 1. The van der Waals surface area contributed by atoms with Gasteiger partial charge >= 0.3 is 0 Å². The Balaban J connectivity index is 1.89. The summed E-state index contributed by atoms with van der Waals surface area (Å²) in [7, 11) is 0. The molecule has 0 radical (unpaired) electrons. The molecule has 0 bridgehead atoms. The summed E-state index contributed by atoms with van der Waals surface area (Å²) < 4.78 is 6.04. The molecule has 0 aliphatic carbocycles. The SMILES string of the molecule is CCNC(CCc1ccsc1)C1CN(C(C)C)CCO1. The molecule has 0 aromatic carbocycles. The van der Waals surface area contributed by atoms with Gasteiger partial charge in [-0.2, -0.15) is 11.3 Å². The first-order chi connectivity index (χ1) is 9.70. The highest BCUT2D eigenvalue weighted by Gasteiger charge is 2.28. The van der Waals surface area contributed by atoms with Gasteiger partial charge in [0.2, 0.25) is 0 Å². The maximum atomic E-state index is 6.04. The minimum atomic E-state index is 0.324. The van der Waals surface area contributed by atoms with E-state index in [2.05, 4.69) is 47.8 Å². The molecule has 4 heteroatoms. The smallest absolute Gasteiger partial charge is 0.0855 e. The summed E-state index contributed by atoms with van der Waals surface area (Å²) in [6.07, 6.45) is 2.62. The average molecular weight is 296 g/mol. The Kier molecular flexibility index (Phi) is 6.49. The molecule has 1 fully saturated rings. The Labute approximate surface area is 127 Å². The lowest BCUT2D eigenvalue weighted by atomic mass is 10.0. The number of morpholine rings is 1. The van der Waals surface area contributed by atoms with Crippen molar-refractivity contribution >= 4 is 11.3 Å². The van der Waals surface area contributed by atoms with Crippen molar-refractivity contribution in [1.82, 2.24) is 10.2 Å². The predicted molar refractivity (Wildman–Crippen MR) is 86.6 cm³/mol. The Morgan fingerprint density at radius 3 is 3.00 bits per heavy atom. The standard InChI is InChI=1S/C16H28N2OS/c1-4-17-15(6-5-14-7-10-20-12-14)16-11-18(13(2)3)8-9-19-16/h7,10,12-13,15-17H,4-6,8-9,11H2,1-3H3. The number of rotatable bonds is 7. The van der Waals surface area contributed by atoms with Crippen LogP contribution in [0, 0.1) is 0 Å². The van der Waals surface area contributed by atoms with Gasteiger partial charge in [-0.3, -0.25) is 4.90 Å². The first kappa shape index (κ1) is 16.0. The van der Waals surface area contributed by atoms with Crippen LogP contribution in [0.25, 0.3) is 0 Å². The van der Waals surface area contributed by atoms with E-state index in [1.807, 2.05) is 0 Å². The van der Waals surface area contributed by atoms with Crippen LogP contribution >= 0.6 is 11.3 Å². The van der Waals surface area contributed by atoms with Crippen molar-refractivity contribution in [3.63, 3.8) is 0 Å². The summed E-state index contributed by atoms with van der Waals surface area (Å²) in [5, 5.41) is 8.04. The fourth-order valence-corrected chi connectivity index (χ4v) is 3.55. The minimum Gasteiger partial charge on any atom is -0.374 e. The summed E-state index contributed by atoms with van der Waals surface area (Å²) in [5.41, 5.74) is 1.45. The zero-order valence-electron chi connectivity index (χ0n) is 13.0. The van der Waals surface area contributed by atoms with E-state index in [0.29, 0.717) is 18.2 Å². The third kappa shape index (κ3) is 4.55. The number of hydrogen-bond donors (Lipinski definition) is 1. The number of likely N-dealkylation sites (N-methyl/N-ethyl adjacent to an activating group) is 1. The number of ether oxygens (including phenoxy) is 1. The molecule has 1 aliphatic rings. The van der Waals surface area contributed by atoms with Gasteiger partial charge in [0, 0.05) is 25.2 Å². The van der Waals surface area contributed by atoms with Gasteiger partial charge in [-0.15, -0.1) is 0 Å². The van der Waals surface area contributed by atoms with Crippen molar-refractivity contribution in [2.24, 2.45) is 0 Å². The maximum Gasteiger partial charge on any atom is 0.0855 e. The average Bonchev–Trinajstić information content (AvgIpc) is 2.97. The Morgan fingerprint density at radius 2 is 2.35 bits per heavy atom. The van der Waals surface area contributed by atoms with Crippen LogP contribution in [0.2, 0.25) is 0 Å². The topological polar surface area (TPSA) is 24.5 Å². The predicted octanol–water partition coefficient (Wildman–Crippen LogP) is 2.77. The Morgan fingerprint density at radius 1 is 1.50 bits per heavy atom. The van der Waals surface area contributed by atoms with E-state index >= 15 is 0 Å². The molecule has 20 heavy (non-hydrogen) atoms. The van der Waals surface area contributed by atoms with Gasteiger partial charge in [-0.1, -0.05) is 6.92 Å². The van der Waals surface area contributed by atoms with Gasteiger partial charge in [0.15, 0.2) is 0 Å². The summed E-state index contributed by atoms with van der Waals surface area (Å²) in [6.45, 7) is 10.7. The van der Waals surface area contributed by atoms with E-state index in [4.69, 9.17) is 4.74 Å². The van der Waals surface area contributed by atoms with Crippen LogP contribution < -0.4 is 5.32 Å². The minimum absolute atomic E-state index is 0.324. The van der Waals surface area contributed by atoms with Crippen LogP contribution in [-0.4, -0.2) is 49.3 Å². The number of thiophene rings is 1. The van der Waals surface area contributed by atoms with E-state index < -0.39 is 0 Å². The molecular weight excluding hydrogens is 268 g/mol. The van der Waals surface area contributed by atoms with Gasteiger partial charge in [-0.05, 0) is 55.6 Å². The van der Waals surface area contributed by atoms with Crippen LogP contribution in [-0.2, 0) is 11.2 Å². The second-order valence-electron chi connectivity index (χ2n) is 5.83. The van der Waals surface area contributed by atoms with Crippen molar-refractivity contribution in [2.75, 3.05) is 26.2 Å². The largest absolute Gasteiger partial charge is 0.374 e. The molecule has 0 spiro atoms. The molecule has 114 valence electrons. The lowest BCUT2D eigenvalue weighted by Gasteiger charge is -2.39. The fourth-order valence-electron chi connectivity index (χ4n) is 2.85. The summed E-state index contributed by atoms with van der Waals surface area (Å²) in [5.74, 6) is 0. The molecule has 1 N–H and O–H groups in total. The molecule has 1 aromatic heterocycles. The second-order valence-corrected chi connectivity index (χ2v) is 6.61. The summed E-state index contributed by atoms with van der Waals surface area (Å²) in [6, 6.07) is 3.30. The van der Waals surface area contributed by atoms with Gasteiger partial charge < -0.3 is 10.1 Å².